The monoisotopic (exact) mass is 389 g/mol. The molecule has 3 heterocycles. The molecule has 0 aliphatic heterocycles. The number of H-pyrrole nitrogens is 1. The van der Waals surface area contributed by atoms with Crippen molar-refractivity contribution in [3.05, 3.63) is 34.6 Å². The number of rotatable bonds is 10. The highest BCUT2D eigenvalue weighted by Crippen LogP contribution is 2.22. The molecule has 2 N–H and O–H groups in total. The Labute approximate surface area is 161 Å². The summed E-state index contributed by atoms with van der Waals surface area (Å²) in [5.74, 6) is 1.13. The van der Waals surface area contributed by atoms with Crippen LogP contribution in [0.3, 0.4) is 0 Å². The molecule has 0 spiro atoms. The topological polar surface area (TPSA) is 113 Å². The number of nitrogens with one attached hydrogen (secondary N) is 2. The van der Waals surface area contributed by atoms with Gasteiger partial charge in [0, 0.05) is 19.4 Å². The average molecular weight is 389 g/mol. The molecule has 0 aliphatic rings. The van der Waals surface area contributed by atoms with E-state index in [9.17, 15) is 4.79 Å². The molecular formula is C17H23N7O2S. The van der Waals surface area contributed by atoms with E-state index in [0.717, 1.165) is 13.1 Å². The predicted octanol–water partition coefficient (Wildman–Crippen LogP) is 2.05. The molecule has 1 atom stereocenters. The number of aryl methyl sites for hydroxylation is 1. The third kappa shape index (κ3) is 4.98. The molecule has 1 amide bonds. The smallest absolute Gasteiger partial charge is 0.239 e. The molecule has 0 saturated carbocycles. The fourth-order valence-electron chi connectivity index (χ4n) is 2.87. The van der Waals surface area contributed by atoms with Gasteiger partial charge < -0.3 is 9.84 Å². The second-order valence-electron chi connectivity index (χ2n) is 5.94. The lowest BCUT2D eigenvalue weighted by Crippen LogP contribution is -2.38. The summed E-state index contributed by atoms with van der Waals surface area (Å²) in [7, 11) is 0. The van der Waals surface area contributed by atoms with Crippen LogP contribution in [-0.2, 0) is 11.2 Å². The van der Waals surface area contributed by atoms with Crippen LogP contribution >= 0.6 is 11.3 Å². The fourth-order valence-corrected chi connectivity index (χ4v) is 3.58. The predicted molar refractivity (Wildman–Crippen MR) is 101 cm³/mol. The van der Waals surface area contributed by atoms with E-state index < -0.39 is 0 Å². The number of carbonyl (C=O) groups is 1. The summed E-state index contributed by atoms with van der Waals surface area (Å²) in [6, 6.07) is 2.29. The Kier molecular flexibility index (Phi) is 6.66. The zero-order valence-corrected chi connectivity index (χ0v) is 16.2. The van der Waals surface area contributed by atoms with E-state index >= 15 is 0 Å². The largest absolute Gasteiger partial charge is 0.354 e. The Morgan fingerprint density at radius 1 is 1.41 bits per heavy atom. The number of likely N-dealkylation sites (N-methyl/N-ethyl adjacent to an activating group) is 1. The van der Waals surface area contributed by atoms with E-state index in [1.54, 1.807) is 11.3 Å². The summed E-state index contributed by atoms with van der Waals surface area (Å²) in [6.45, 7) is 6.70. The van der Waals surface area contributed by atoms with E-state index in [-0.39, 0.29) is 18.4 Å². The molecule has 1 unspecified atom stereocenters. The highest BCUT2D eigenvalue weighted by Gasteiger charge is 2.19. The molecule has 0 fully saturated rings. The first-order valence-electron chi connectivity index (χ1n) is 8.92. The summed E-state index contributed by atoms with van der Waals surface area (Å²) in [5, 5.41) is 17.5. The van der Waals surface area contributed by atoms with Crippen molar-refractivity contribution in [3.63, 3.8) is 0 Å². The second-order valence-corrected chi connectivity index (χ2v) is 6.72. The van der Waals surface area contributed by atoms with Gasteiger partial charge >= 0.3 is 0 Å². The van der Waals surface area contributed by atoms with E-state index in [1.165, 1.54) is 11.9 Å². The van der Waals surface area contributed by atoms with Crippen LogP contribution in [0.4, 0.5) is 0 Å². The summed E-state index contributed by atoms with van der Waals surface area (Å²) < 4.78 is 5.16. The number of amides is 1. The van der Waals surface area contributed by atoms with Crippen LogP contribution in [0.5, 0.6) is 0 Å². The molecule has 0 saturated heterocycles. The molecule has 9 nitrogen and oxygen atoms in total. The van der Waals surface area contributed by atoms with Crippen LogP contribution in [0.1, 0.15) is 37.8 Å². The molecule has 144 valence electrons. The van der Waals surface area contributed by atoms with Gasteiger partial charge in [0.2, 0.25) is 17.6 Å². The molecule has 3 aromatic heterocycles. The standard InChI is InChI=1S/C17H23N7O2S/c1-3-24(4-2)13(12-7-8-27-10-12)9-18-14(25)5-6-15-21-17(23-26-15)16-19-11-20-22-16/h7-8,10-11,13H,3-6,9H2,1-2H3,(H,18,25)(H,19,20,22). The number of thiophene rings is 1. The number of aromatic nitrogens is 5. The van der Waals surface area contributed by atoms with Crippen molar-refractivity contribution in [3.8, 4) is 11.6 Å². The fraction of sp³-hybridized carbons (Fsp3) is 0.471. The molecule has 3 rings (SSSR count). The molecule has 0 aromatic carbocycles. The summed E-state index contributed by atoms with van der Waals surface area (Å²) in [5.41, 5.74) is 1.23. The number of carbonyl (C=O) groups excluding carboxylic acids is 1. The minimum atomic E-state index is -0.0400. The van der Waals surface area contributed by atoms with Gasteiger partial charge in [0.25, 0.3) is 0 Å². The SMILES string of the molecule is CCN(CC)C(CNC(=O)CCc1nc(-c2ncn[nH]2)no1)c1ccsc1. The zero-order chi connectivity index (χ0) is 19.1. The average Bonchev–Trinajstić information content (AvgIpc) is 3.44. The first-order valence-corrected chi connectivity index (χ1v) is 9.86. The summed E-state index contributed by atoms with van der Waals surface area (Å²) in [4.78, 5) is 22.8. The lowest BCUT2D eigenvalue weighted by Gasteiger charge is -2.29. The molecule has 10 heteroatoms. The van der Waals surface area contributed by atoms with Gasteiger partial charge in [-0.3, -0.25) is 14.8 Å². The first-order chi connectivity index (χ1) is 13.2. The Morgan fingerprint density at radius 2 is 2.26 bits per heavy atom. The van der Waals surface area contributed by atoms with Crippen molar-refractivity contribution in [1.82, 2.24) is 35.5 Å². The van der Waals surface area contributed by atoms with Gasteiger partial charge in [0.05, 0.1) is 6.04 Å². The Morgan fingerprint density at radius 3 is 2.93 bits per heavy atom. The molecule has 0 radical (unpaired) electrons. The van der Waals surface area contributed by atoms with Gasteiger partial charge in [-0.15, -0.1) is 0 Å². The van der Waals surface area contributed by atoms with Crippen molar-refractivity contribution < 1.29 is 9.32 Å². The highest BCUT2D eigenvalue weighted by atomic mass is 32.1. The minimum absolute atomic E-state index is 0.0400. The summed E-state index contributed by atoms with van der Waals surface area (Å²) in [6.07, 6.45) is 2.03. The van der Waals surface area contributed by atoms with Gasteiger partial charge in [0.1, 0.15) is 6.33 Å². The van der Waals surface area contributed by atoms with Crippen molar-refractivity contribution >= 4 is 17.2 Å². The Balaban J connectivity index is 1.51. The normalized spacial score (nSPS) is 12.4. The van der Waals surface area contributed by atoms with Crippen LogP contribution < -0.4 is 5.32 Å². The van der Waals surface area contributed by atoms with E-state index in [0.29, 0.717) is 30.5 Å². The van der Waals surface area contributed by atoms with Crippen molar-refractivity contribution in [1.29, 1.82) is 0 Å². The number of hydrogen-bond donors (Lipinski definition) is 2. The van der Waals surface area contributed by atoms with E-state index in [4.69, 9.17) is 4.52 Å². The highest BCUT2D eigenvalue weighted by molar-refractivity contribution is 7.07. The van der Waals surface area contributed by atoms with Crippen LogP contribution in [0.2, 0.25) is 0 Å². The Hall–Kier alpha value is -2.59. The van der Waals surface area contributed by atoms with Crippen molar-refractivity contribution in [2.24, 2.45) is 0 Å². The molecule has 0 aliphatic carbocycles. The molecule has 27 heavy (non-hydrogen) atoms. The van der Waals surface area contributed by atoms with E-state index in [1.807, 2.05) is 0 Å². The lowest BCUT2D eigenvalue weighted by atomic mass is 10.1. The minimum Gasteiger partial charge on any atom is -0.354 e. The number of aromatic amines is 1. The third-order valence-corrected chi connectivity index (χ3v) is 5.04. The van der Waals surface area contributed by atoms with Crippen molar-refractivity contribution in [2.75, 3.05) is 19.6 Å². The van der Waals surface area contributed by atoms with Crippen LogP contribution in [0.15, 0.2) is 27.7 Å². The summed E-state index contributed by atoms with van der Waals surface area (Å²) >= 11 is 1.67. The lowest BCUT2D eigenvalue weighted by molar-refractivity contribution is -0.121. The molecule has 3 aromatic rings. The Bertz CT molecular complexity index is 812. The van der Waals surface area contributed by atoms with Gasteiger partial charge in [-0.2, -0.15) is 21.4 Å². The van der Waals surface area contributed by atoms with Crippen LogP contribution in [0.25, 0.3) is 11.6 Å². The van der Waals surface area contributed by atoms with Gasteiger partial charge in [-0.1, -0.05) is 19.0 Å². The quantitative estimate of drug-likeness (QED) is 0.545. The van der Waals surface area contributed by atoms with Gasteiger partial charge in [-0.05, 0) is 35.5 Å². The zero-order valence-electron chi connectivity index (χ0n) is 15.4. The van der Waals surface area contributed by atoms with Crippen LogP contribution in [0, 0.1) is 0 Å². The maximum atomic E-state index is 12.3. The van der Waals surface area contributed by atoms with Crippen LogP contribution in [-0.4, -0.2) is 55.8 Å². The maximum Gasteiger partial charge on any atom is 0.239 e. The number of nitrogens with zero attached hydrogens (tertiary/aromatic N) is 5. The van der Waals surface area contributed by atoms with Crippen molar-refractivity contribution in [2.45, 2.75) is 32.7 Å². The maximum absolute atomic E-state index is 12.3. The first kappa shape index (κ1) is 19.2. The van der Waals surface area contributed by atoms with Gasteiger partial charge in [-0.25, -0.2) is 4.98 Å². The second kappa shape index (κ2) is 9.38. The van der Waals surface area contributed by atoms with E-state index in [2.05, 4.69) is 66.2 Å². The van der Waals surface area contributed by atoms with Gasteiger partial charge in [0.15, 0.2) is 5.82 Å². The third-order valence-electron chi connectivity index (χ3n) is 4.33. The molecular weight excluding hydrogens is 366 g/mol. The molecule has 0 bridgehead atoms. The number of hydrogen-bond acceptors (Lipinski definition) is 8.